The van der Waals surface area contributed by atoms with Gasteiger partial charge >= 0.3 is 0 Å². The van der Waals surface area contributed by atoms with Crippen LogP contribution in [-0.4, -0.2) is 12.5 Å². The second kappa shape index (κ2) is 9.61. The summed E-state index contributed by atoms with van der Waals surface area (Å²) >= 11 is 5.90. The van der Waals surface area contributed by atoms with Gasteiger partial charge in [0.15, 0.2) is 0 Å². The van der Waals surface area contributed by atoms with E-state index in [-0.39, 0.29) is 5.91 Å². The van der Waals surface area contributed by atoms with Crippen molar-refractivity contribution in [1.82, 2.24) is 5.32 Å². The number of halogens is 1. The first kappa shape index (κ1) is 16.8. The van der Waals surface area contributed by atoms with Gasteiger partial charge in [-0.05, 0) is 24.6 Å². The van der Waals surface area contributed by atoms with Crippen LogP contribution in [0.25, 0.3) is 0 Å². The molecule has 1 aromatic carbocycles. The Balaban J connectivity index is 2.34. The van der Waals surface area contributed by atoms with E-state index in [9.17, 15) is 4.79 Å². The van der Waals surface area contributed by atoms with Crippen molar-refractivity contribution in [2.45, 2.75) is 45.4 Å². The van der Waals surface area contributed by atoms with Gasteiger partial charge in [0, 0.05) is 11.6 Å². The number of nitrogen functional groups attached to an aromatic ring is 1. The zero-order valence-corrected chi connectivity index (χ0v) is 12.8. The maximum Gasteiger partial charge on any atom is 0.253 e. The number of amides is 1. The Morgan fingerprint density at radius 2 is 1.90 bits per heavy atom. The van der Waals surface area contributed by atoms with E-state index in [4.69, 9.17) is 17.4 Å². The van der Waals surface area contributed by atoms with Crippen LogP contribution in [0.2, 0.25) is 5.02 Å². The molecule has 5 heteroatoms. The second-order valence-electron chi connectivity index (χ2n) is 4.86. The predicted molar refractivity (Wildman–Crippen MR) is 85.0 cm³/mol. The van der Waals surface area contributed by atoms with E-state index in [0.717, 1.165) is 12.8 Å². The van der Waals surface area contributed by atoms with E-state index in [0.29, 0.717) is 22.8 Å². The van der Waals surface area contributed by atoms with Gasteiger partial charge in [-0.25, -0.2) is 0 Å². The van der Waals surface area contributed by atoms with Gasteiger partial charge in [-0.2, -0.15) is 0 Å². The number of unbranched alkanes of at least 4 members (excludes halogenated alkanes) is 5. The van der Waals surface area contributed by atoms with Crippen molar-refractivity contribution < 1.29 is 4.79 Å². The molecule has 0 unspecified atom stereocenters. The third-order valence-corrected chi connectivity index (χ3v) is 3.43. The van der Waals surface area contributed by atoms with Gasteiger partial charge in [0.2, 0.25) is 0 Å². The molecule has 0 aliphatic heterocycles. The lowest BCUT2D eigenvalue weighted by atomic mass is 10.1. The van der Waals surface area contributed by atoms with Crippen molar-refractivity contribution in [2.75, 3.05) is 12.0 Å². The summed E-state index contributed by atoms with van der Waals surface area (Å²) in [7, 11) is 0. The van der Waals surface area contributed by atoms with Crippen molar-refractivity contribution in [3.05, 3.63) is 28.8 Å². The number of anilines is 1. The summed E-state index contributed by atoms with van der Waals surface area (Å²) in [5.74, 6) is 5.24. The van der Waals surface area contributed by atoms with Gasteiger partial charge < -0.3 is 10.7 Å². The average molecular weight is 298 g/mol. The fourth-order valence-corrected chi connectivity index (χ4v) is 2.20. The van der Waals surface area contributed by atoms with Crippen LogP contribution >= 0.6 is 11.6 Å². The molecule has 0 bridgehead atoms. The van der Waals surface area contributed by atoms with Crippen LogP contribution < -0.4 is 16.6 Å². The molecular weight excluding hydrogens is 274 g/mol. The second-order valence-corrected chi connectivity index (χ2v) is 5.29. The molecule has 112 valence electrons. The first-order valence-corrected chi connectivity index (χ1v) is 7.61. The Morgan fingerprint density at radius 1 is 1.20 bits per heavy atom. The molecule has 1 amide bonds. The van der Waals surface area contributed by atoms with E-state index < -0.39 is 0 Å². The first-order valence-electron chi connectivity index (χ1n) is 7.23. The van der Waals surface area contributed by atoms with Crippen LogP contribution in [0.3, 0.4) is 0 Å². The summed E-state index contributed by atoms with van der Waals surface area (Å²) in [4.78, 5) is 12.0. The minimum Gasteiger partial charge on any atom is -0.352 e. The van der Waals surface area contributed by atoms with Gasteiger partial charge in [-0.1, -0.05) is 50.6 Å². The van der Waals surface area contributed by atoms with Crippen molar-refractivity contribution in [3.63, 3.8) is 0 Å². The molecule has 4 nitrogen and oxygen atoms in total. The quantitative estimate of drug-likeness (QED) is 0.370. The molecule has 1 rings (SSSR count). The Hall–Kier alpha value is -1.26. The largest absolute Gasteiger partial charge is 0.352 e. The first-order chi connectivity index (χ1) is 9.69. The number of carbonyl (C=O) groups excluding carboxylic acids is 1. The lowest BCUT2D eigenvalue weighted by molar-refractivity contribution is 0.0953. The van der Waals surface area contributed by atoms with Gasteiger partial charge in [0.25, 0.3) is 5.91 Å². The normalized spacial score (nSPS) is 10.3. The van der Waals surface area contributed by atoms with Crippen molar-refractivity contribution in [1.29, 1.82) is 0 Å². The van der Waals surface area contributed by atoms with E-state index in [2.05, 4.69) is 17.7 Å². The Labute approximate surface area is 126 Å². The van der Waals surface area contributed by atoms with E-state index in [1.807, 2.05) is 0 Å². The highest BCUT2D eigenvalue weighted by atomic mass is 35.5. The number of rotatable bonds is 9. The molecule has 0 aliphatic carbocycles. The fourth-order valence-electron chi connectivity index (χ4n) is 2.03. The molecule has 0 aliphatic rings. The number of hydrazine groups is 1. The molecular formula is C15H24ClN3O. The van der Waals surface area contributed by atoms with Crippen molar-refractivity contribution >= 4 is 23.2 Å². The minimum absolute atomic E-state index is 0.144. The van der Waals surface area contributed by atoms with Crippen LogP contribution in [0.15, 0.2) is 18.2 Å². The van der Waals surface area contributed by atoms with Crippen LogP contribution in [0.4, 0.5) is 5.69 Å². The van der Waals surface area contributed by atoms with Crippen molar-refractivity contribution in [3.8, 4) is 0 Å². The summed E-state index contributed by atoms with van der Waals surface area (Å²) in [5, 5.41) is 3.42. The molecule has 0 aromatic heterocycles. The third kappa shape index (κ3) is 5.80. The van der Waals surface area contributed by atoms with Crippen LogP contribution in [-0.2, 0) is 0 Å². The Morgan fingerprint density at radius 3 is 2.60 bits per heavy atom. The van der Waals surface area contributed by atoms with Gasteiger partial charge in [-0.15, -0.1) is 0 Å². The number of nitrogens with one attached hydrogen (secondary N) is 2. The van der Waals surface area contributed by atoms with Gasteiger partial charge in [0.05, 0.1) is 11.3 Å². The zero-order chi connectivity index (χ0) is 14.8. The number of hydrogen-bond donors (Lipinski definition) is 3. The smallest absolute Gasteiger partial charge is 0.253 e. The summed E-state index contributed by atoms with van der Waals surface area (Å²) in [6.45, 7) is 2.88. The highest BCUT2D eigenvalue weighted by molar-refractivity contribution is 6.31. The maximum atomic E-state index is 12.0. The molecule has 0 spiro atoms. The highest BCUT2D eigenvalue weighted by Gasteiger charge is 2.10. The number of carbonyl (C=O) groups is 1. The van der Waals surface area contributed by atoms with Crippen LogP contribution in [0, 0.1) is 0 Å². The summed E-state index contributed by atoms with van der Waals surface area (Å²) < 4.78 is 0. The molecule has 4 N–H and O–H groups in total. The SMILES string of the molecule is CCCCCCCCNC(=O)c1cc(Cl)ccc1NN. The Kier molecular flexibility index (Phi) is 8.07. The molecule has 1 aromatic rings. The summed E-state index contributed by atoms with van der Waals surface area (Å²) in [6.07, 6.45) is 7.20. The van der Waals surface area contributed by atoms with Gasteiger partial charge in [-0.3, -0.25) is 10.6 Å². The lowest BCUT2D eigenvalue weighted by Crippen LogP contribution is -2.26. The highest BCUT2D eigenvalue weighted by Crippen LogP contribution is 2.19. The van der Waals surface area contributed by atoms with Crippen molar-refractivity contribution in [2.24, 2.45) is 5.84 Å². The maximum absolute atomic E-state index is 12.0. The monoisotopic (exact) mass is 297 g/mol. The van der Waals surface area contributed by atoms with Crippen LogP contribution in [0.5, 0.6) is 0 Å². The topological polar surface area (TPSA) is 67.2 Å². The standard InChI is InChI=1S/C15H24ClN3O/c1-2-3-4-5-6-7-10-18-15(20)13-11-12(16)8-9-14(13)19-17/h8-9,11,19H,2-7,10,17H2,1H3,(H,18,20). The lowest BCUT2D eigenvalue weighted by Gasteiger charge is -2.10. The number of nitrogens with two attached hydrogens (primary N) is 1. The minimum atomic E-state index is -0.144. The van der Waals surface area contributed by atoms with Crippen LogP contribution in [0.1, 0.15) is 55.8 Å². The van der Waals surface area contributed by atoms with E-state index >= 15 is 0 Å². The van der Waals surface area contributed by atoms with Gasteiger partial charge in [0.1, 0.15) is 0 Å². The average Bonchev–Trinajstić information content (AvgIpc) is 2.46. The van der Waals surface area contributed by atoms with E-state index in [1.165, 1.54) is 25.7 Å². The fraction of sp³-hybridized carbons (Fsp3) is 0.533. The molecule has 20 heavy (non-hydrogen) atoms. The third-order valence-electron chi connectivity index (χ3n) is 3.20. The zero-order valence-electron chi connectivity index (χ0n) is 12.0. The molecule has 0 atom stereocenters. The van der Waals surface area contributed by atoms with E-state index in [1.54, 1.807) is 18.2 Å². The summed E-state index contributed by atoms with van der Waals surface area (Å²) in [5.41, 5.74) is 3.57. The number of benzene rings is 1. The molecule has 0 radical (unpaired) electrons. The molecule has 0 saturated heterocycles. The molecule has 0 heterocycles. The molecule has 0 saturated carbocycles. The summed E-state index contributed by atoms with van der Waals surface area (Å²) in [6, 6.07) is 5.01. The molecule has 0 fully saturated rings. The Bertz CT molecular complexity index is 424. The predicted octanol–water partition coefficient (Wildman–Crippen LogP) is 3.72. The number of hydrogen-bond acceptors (Lipinski definition) is 3.